The second-order valence-electron chi connectivity index (χ2n) is 6.73. The summed E-state index contributed by atoms with van der Waals surface area (Å²) in [7, 11) is 0. The van der Waals surface area contributed by atoms with Gasteiger partial charge in [0.25, 0.3) is 0 Å². The van der Waals surface area contributed by atoms with Crippen LogP contribution in [0.1, 0.15) is 122 Å². The molecule has 0 amide bonds. The Morgan fingerprint density at radius 2 is 0.619 bits per heavy atom. The molecule has 0 N–H and O–H groups in total. The van der Waals surface area contributed by atoms with Gasteiger partial charge in [0.15, 0.2) is 0 Å². The van der Waals surface area contributed by atoms with Crippen LogP contribution in [0.3, 0.4) is 0 Å². The maximum atomic E-state index is 2.30. The molecule has 0 fully saturated rings. The first-order valence-corrected chi connectivity index (χ1v) is 11.8. The van der Waals surface area contributed by atoms with Gasteiger partial charge in [0, 0.05) is 0 Å². The van der Waals surface area contributed by atoms with Gasteiger partial charge >= 0.3 is 98.0 Å². The standard InChI is InChI=1S/C20H41.Sb/c1-3-5-7-9-11-13-15-17-19-20-18-16-14-12-10-8-6-4-2;/h1,3-20H2,2H3;. The van der Waals surface area contributed by atoms with Crippen molar-refractivity contribution in [3.8, 4) is 0 Å². The van der Waals surface area contributed by atoms with E-state index in [-0.39, 0.29) is 0 Å². The Bertz CT molecular complexity index is 149. The fourth-order valence-electron chi connectivity index (χ4n) is 3.01. The predicted molar refractivity (Wildman–Crippen MR) is 99.3 cm³/mol. The van der Waals surface area contributed by atoms with Crippen LogP contribution in [-0.2, 0) is 0 Å². The predicted octanol–water partition coefficient (Wildman–Crippen LogP) is 7.61. The Labute approximate surface area is 149 Å². The summed E-state index contributed by atoms with van der Waals surface area (Å²) in [6, 6.07) is 0. The van der Waals surface area contributed by atoms with Gasteiger partial charge in [-0.1, -0.05) is 51.9 Å². The molecule has 0 atom stereocenters. The van der Waals surface area contributed by atoms with Crippen LogP contribution in [0.25, 0.3) is 0 Å². The first-order chi connectivity index (χ1) is 10.4. The molecule has 0 unspecified atom stereocenters. The summed E-state index contributed by atoms with van der Waals surface area (Å²) in [5.41, 5.74) is 0. The Morgan fingerprint density at radius 3 is 0.857 bits per heavy atom. The van der Waals surface area contributed by atoms with E-state index in [1.807, 2.05) is 23.0 Å². The fourth-order valence-corrected chi connectivity index (χ4v) is 3.65. The van der Waals surface area contributed by atoms with Gasteiger partial charge in [0.1, 0.15) is 0 Å². The number of hydrogen-bond acceptors (Lipinski definition) is 0. The summed E-state index contributed by atoms with van der Waals surface area (Å²) >= 11 is 1.98. The van der Waals surface area contributed by atoms with Crippen molar-refractivity contribution in [3.63, 3.8) is 0 Å². The van der Waals surface area contributed by atoms with Gasteiger partial charge in [0.05, 0.1) is 0 Å². The molecular formula is C20H41Sb. The van der Waals surface area contributed by atoms with E-state index in [0.717, 1.165) is 0 Å². The van der Waals surface area contributed by atoms with Gasteiger partial charge in [-0.3, -0.25) is 0 Å². The quantitative estimate of drug-likeness (QED) is 0.163. The number of hydrogen-bond donors (Lipinski definition) is 0. The van der Waals surface area contributed by atoms with Crippen molar-refractivity contribution < 1.29 is 0 Å². The van der Waals surface area contributed by atoms with Crippen molar-refractivity contribution in [1.82, 2.24) is 0 Å². The maximum absolute atomic E-state index is 2.30. The molecule has 1 heteroatoms. The van der Waals surface area contributed by atoms with Crippen LogP contribution in [-0.4, -0.2) is 23.0 Å². The van der Waals surface area contributed by atoms with E-state index in [4.69, 9.17) is 0 Å². The third-order valence-electron chi connectivity index (χ3n) is 4.51. The van der Waals surface area contributed by atoms with Crippen LogP contribution in [0, 0.1) is 0 Å². The van der Waals surface area contributed by atoms with Crippen LogP contribution < -0.4 is 0 Å². The summed E-state index contributed by atoms with van der Waals surface area (Å²) in [5.74, 6) is 0. The van der Waals surface area contributed by atoms with Crippen LogP contribution in [0.4, 0.5) is 0 Å². The van der Waals surface area contributed by atoms with Gasteiger partial charge in [0.2, 0.25) is 0 Å². The molecule has 0 aromatic carbocycles. The van der Waals surface area contributed by atoms with E-state index in [1.165, 1.54) is 120 Å². The molecule has 0 bridgehead atoms. The molecule has 21 heavy (non-hydrogen) atoms. The van der Waals surface area contributed by atoms with Gasteiger partial charge in [-0.05, 0) is 0 Å². The van der Waals surface area contributed by atoms with Gasteiger partial charge < -0.3 is 0 Å². The molecular weight excluding hydrogens is 362 g/mol. The average Bonchev–Trinajstić information content (AvgIpc) is 2.50. The first kappa shape index (κ1) is 21.8. The first-order valence-electron chi connectivity index (χ1n) is 10.0. The van der Waals surface area contributed by atoms with Crippen molar-refractivity contribution in [3.05, 3.63) is 0 Å². The van der Waals surface area contributed by atoms with Gasteiger partial charge in [-0.25, -0.2) is 0 Å². The molecule has 0 aromatic rings. The fraction of sp³-hybridized carbons (Fsp3) is 1.00. The number of rotatable bonds is 18. The Morgan fingerprint density at radius 1 is 0.381 bits per heavy atom. The molecule has 0 rings (SSSR count). The van der Waals surface area contributed by atoms with E-state index < -0.39 is 0 Å². The molecule has 0 saturated heterocycles. The van der Waals surface area contributed by atoms with Crippen molar-refractivity contribution in [1.29, 1.82) is 0 Å². The van der Waals surface area contributed by atoms with E-state index >= 15 is 0 Å². The molecule has 2 radical (unpaired) electrons. The van der Waals surface area contributed by atoms with Crippen LogP contribution in [0.15, 0.2) is 0 Å². The van der Waals surface area contributed by atoms with Crippen molar-refractivity contribution in [2.75, 3.05) is 0 Å². The summed E-state index contributed by atoms with van der Waals surface area (Å²) in [5, 5.41) is 0. The molecule has 0 aliphatic carbocycles. The molecule has 0 heterocycles. The Balaban J connectivity index is 2.90. The van der Waals surface area contributed by atoms with Crippen LogP contribution >= 0.6 is 0 Å². The summed E-state index contributed by atoms with van der Waals surface area (Å²) < 4.78 is 1.42. The average molecular weight is 403 g/mol. The zero-order chi connectivity index (χ0) is 15.4. The molecule has 0 aliphatic heterocycles. The van der Waals surface area contributed by atoms with E-state index in [0.29, 0.717) is 0 Å². The van der Waals surface area contributed by atoms with Gasteiger partial charge in [-0.15, -0.1) is 0 Å². The van der Waals surface area contributed by atoms with Gasteiger partial charge in [-0.2, -0.15) is 0 Å². The van der Waals surface area contributed by atoms with Crippen molar-refractivity contribution in [2.24, 2.45) is 0 Å². The summed E-state index contributed by atoms with van der Waals surface area (Å²) in [4.78, 5) is 0. The third kappa shape index (κ3) is 20.8. The molecule has 0 saturated carbocycles. The van der Waals surface area contributed by atoms with E-state index in [9.17, 15) is 0 Å². The molecule has 0 nitrogen and oxygen atoms in total. The topological polar surface area (TPSA) is 0 Å². The monoisotopic (exact) mass is 402 g/mol. The minimum absolute atomic E-state index is 1.37. The van der Waals surface area contributed by atoms with Crippen molar-refractivity contribution >= 4 is 23.0 Å². The summed E-state index contributed by atoms with van der Waals surface area (Å²) in [6.45, 7) is 2.30. The molecule has 126 valence electrons. The second-order valence-corrected chi connectivity index (χ2v) is 8.01. The van der Waals surface area contributed by atoms with Crippen molar-refractivity contribution in [2.45, 2.75) is 127 Å². The Kier molecular flexibility index (Phi) is 21.6. The number of unbranched alkanes of at least 4 members (excludes halogenated alkanes) is 17. The molecule has 0 spiro atoms. The second kappa shape index (κ2) is 20.8. The third-order valence-corrected chi connectivity index (χ3v) is 5.41. The molecule has 0 aromatic heterocycles. The zero-order valence-corrected chi connectivity index (χ0v) is 17.4. The zero-order valence-electron chi connectivity index (χ0n) is 14.9. The van der Waals surface area contributed by atoms with E-state index in [2.05, 4.69) is 6.92 Å². The van der Waals surface area contributed by atoms with Crippen LogP contribution in [0.5, 0.6) is 0 Å². The van der Waals surface area contributed by atoms with E-state index in [1.54, 1.807) is 0 Å². The molecule has 0 aliphatic rings. The summed E-state index contributed by atoms with van der Waals surface area (Å²) in [6.07, 6.45) is 26.6. The Hall–Kier alpha value is 0.818. The van der Waals surface area contributed by atoms with Crippen LogP contribution in [0.2, 0.25) is 4.37 Å². The normalized spacial score (nSPS) is 11.1. The SMILES string of the molecule is CCCCCCCCCCCCCCCCCCC[CH2][Sb]. The minimum atomic E-state index is 1.37.